The highest BCUT2D eigenvalue weighted by Crippen LogP contribution is 2.26. The van der Waals surface area contributed by atoms with Crippen LogP contribution in [0.15, 0.2) is 59.5 Å². The molecule has 1 saturated heterocycles. The van der Waals surface area contributed by atoms with Crippen molar-refractivity contribution in [3.8, 4) is 0 Å². The summed E-state index contributed by atoms with van der Waals surface area (Å²) in [7, 11) is -3.48. The third-order valence-electron chi connectivity index (χ3n) is 4.30. The molecule has 2 aromatic rings. The highest BCUT2D eigenvalue weighted by molar-refractivity contribution is 7.89. The molecule has 3 rings (SSSR count). The first-order valence-corrected chi connectivity index (χ1v) is 9.81. The third-order valence-corrected chi connectivity index (χ3v) is 6.18. The first-order valence-electron chi connectivity index (χ1n) is 8.37. The monoisotopic (exact) mass is 345 g/mol. The molecule has 128 valence electrons. The van der Waals surface area contributed by atoms with E-state index in [1.807, 2.05) is 42.5 Å². The largest absolute Gasteiger partial charge is 0.371 e. The topological polar surface area (TPSA) is 46.6 Å². The number of nitrogens with zero attached hydrogens (tertiary/aromatic N) is 1. The second-order valence-corrected chi connectivity index (χ2v) is 7.97. The molecule has 0 aromatic heterocycles. The van der Waals surface area contributed by atoms with Gasteiger partial charge in [0, 0.05) is 13.1 Å². The molecule has 0 spiro atoms. The summed E-state index contributed by atoms with van der Waals surface area (Å²) in [4.78, 5) is 0.357. The van der Waals surface area contributed by atoms with E-state index in [1.54, 1.807) is 12.1 Å². The maximum atomic E-state index is 12.9. The van der Waals surface area contributed by atoms with Crippen LogP contribution >= 0.6 is 0 Å². The summed E-state index contributed by atoms with van der Waals surface area (Å²) in [6.45, 7) is 3.26. The number of hydrogen-bond acceptors (Lipinski definition) is 3. The van der Waals surface area contributed by atoms with Gasteiger partial charge in [-0.1, -0.05) is 55.8 Å². The Morgan fingerprint density at radius 1 is 1.08 bits per heavy atom. The average molecular weight is 345 g/mol. The molecule has 1 heterocycles. The van der Waals surface area contributed by atoms with Crippen molar-refractivity contribution in [3.05, 3.63) is 65.7 Å². The van der Waals surface area contributed by atoms with Crippen LogP contribution < -0.4 is 0 Å². The van der Waals surface area contributed by atoms with Gasteiger partial charge < -0.3 is 4.74 Å². The number of ether oxygens (including phenoxy) is 1. The number of sulfonamides is 1. The molecule has 24 heavy (non-hydrogen) atoms. The molecular formula is C19H23NO3S. The Balaban J connectivity index is 1.78. The third kappa shape index (κ3) is 3.69. The fraction of sp³-hybridized carbons (Fsp3) is 0.368. The lowest BCUT2D eigenvalue weighted by molar-refractivity contribution is -0.00255. The normalized spacial score (nSPS) is 19.3. The fourth-order valence-corrected chi connectivity index (χ4v) is 4.40. The highest BCUT2D eigenvalue weighted by Gasteiger charge is 2.31. The smallest absolute Gasteiger partial charge is 0.243 e. The molecule has 5 heteroatoms. The Hall–Kier alpha value is -1.69. The van der Waals surface area contributed by atoms with Crippen molar-refractivity contribution in [3.63, 3.8) is 0 Å². The van der Waals surface area contributed by atoms with Gasteiger partial charge in [0.05, 0.1) is 17.6 Å². The van der Waals surface area contributed by atoms with E-state index in [-0.39, 0.29) is 6.10 Å². The Bertz CT molecular complexity index is 757. The molecule has 0 radical (unpaired) electrons. The summed E-state index contributed by atoms with van der Waals surface area (Å²) >= 11 is 0. The molecule has 1 aliphatic heterocycles. The van der Waals surface area contributed by atoms with Gasteiger partial charge in [-0.15, -0.1) is 0 Å². The number of morpholine rings is 1. The van der Waals surface area contributed by atoms with Crippen LogP contribution in [0.5, 0.6) is 0 Å². The van der Waals surface area contributed by atoms with Crippen LogP contribution in [-0.4, -0.2) is 32.4 Å². The first kappa shape index (κ1) is 17.1. The molecule has 0 saturated carbocycles. The summed E-state index contributed by atoms with van der Waals surface area (Å²) in [5, 5.41) is 0. The van der Waals surface area contributed by atoms with Crippen molar-refractivity contribution in [2.75, 3.05) is 19.7 Å². The number of rotatable bonds is 5. The van der Waals surface area contributed by atoms with E-state index in [0.29, 0.717) is 24.6 Å². The fourth-order valence-electron chi connectivity index (χ4n) is 2.98. The van der Waals surface area contributed by atoms with Gasteiger partial charge in [-0.05, 0) is 29.7 Å². The van der Waals surface area contributed by atoms with E-state index >= 15 is 0 Å². The van der Waals surface area contributed by atoms with Gasteiger partial charge in [0.1, 0.15) is 0 Å². The summed E-state index contributed by atoms with van der Waals surface area (Å²) in [6.07, 6.45) is 1.80. The van der Waals surface area contributed by atoms with Crippen molar-refractivity contribution in [2.24, 2.45) is 0 Å². The van der Waals surface area contributed by atoms with Crippen LogP contribution in [0.4, 0.5) is 0 Å². The van der Waals surface area contributed by atoms with Crippen molar-refractivity contribution < 1.29 is 13.2 Å². The zero-order valence-corrected chi connectivity index (χ0v) is 14.7. The van der Waals surface area contributed by atoms with E-state index in [2.05, 4.69) is 6.92 Å². The van der Waals surface area contributed by atoms with Crippen molar-refractivity contribution in [2.45, 2.75) is 30.8 Å². The van der Waals surface area contributed by atoms with Crippen LogP contribution in [-0.2, 0) is 21.2 Å². The number of aryl methyl sites for hydroxylation is 1. The highest BCUT2D eigenvalue weighted by atomic mass is 32.2. The lowest BCUT2D eigenvalue weighted by Gasteiger charge is -2.32. The van der Waals surface area contributed by atoms with Crippen molar-refractivity contribution in [1.29, 1.82) is 0 Å². The van der Waals surface area contributed by atoms with E-state index in [4.69, 9.17) is 4.74 Å². The van der Waals surface area contributed by atoms with Crippen LogP contribution in [0.3, 0.4) is 0 Å². The van der Waals surface area contributed by atoms with Crippen molar-refractivity contribution >= 4 is 10.0 Å². The zero-order chi connectivity index (χ0) is 17.0. The van der Waals surface area contributed by atoms with Gasteiger partial charge in [-0.3, -0.25) is 0 Å². The maximum Gasteiger partial charge on any atom is 0.243 e. The van der Waals surface area contributed by atoms with Crippen LogP contribution in [0, 0.1) is 0 Å². The van der Waals surface area contributed by atoms with Gasteiger partial charge in [-0.2, -0.15) is 4.31 Å². The minimum Gasteiger partial charge on any atom is -0.371 e. The standard InChI is InChI=1S/C19H23NO3S/c1-2-6-16-9-11-18(12-10-16)24(21,22)20-13-14-23-19(15-20)17-7-4-3-5-8-17/h3-5,7-12,19H,2,6,13-15H2,1H3. The number of benzene rings is 2. The Morgan fingerprint density at radius 2 is 1.79 bits per heavy atom. The van der Waals surface area contributed by atoms with E-state index in [0.717, 1.165) is 18.4 Å². The lowest BCUT2D eigenvalue weighted by atomic mass is 10.1. The Morgan fingerprint density at radius 3 is 2.46 bits per heavy atom. The molecule has 1 atom stereocenters. The SMILES string of the molecule is CCCc1ccc(S(=O)(=O)N2CCOC(c3ccccc3)C2)cc1. The summed E-state index contributed by atoms with van der Waals surface area (Å²) < 4.78 is 33.1. The van der Waals surface area contributed by atoms with Gasteiger partial charge in [-0.25, -0.2) is 8.42 Å². The minimum absolute atomic E-state index is 0.214. The molecule has 4 nitrogen and oxygen atoms in total. The van der Waals surface area contributed by atoms with Crippen LogP contribution in [0.1, 0.15) is 30.6 Å². The molecule has 0 aliphatic carbocycles. The molecule has 0 N–H and O–H groups in total. The molecule has 2 aromatic carbocycles. The van der Waals surface area contributed by atoms with Crippen LogP contribution in [0.2, 0.25) is 0 Å². The van der Waals surface area contributed by atoms with E-state index in [1.165, 1.54) is 9.87 Å². The van der Waals surface area contributed by atoms with E-state index < -0.39 is 10.0 Å². The van der Waals surface area contributed by atoms with Crippen molar-refractivity contribution in [1.82, 2.24) is 4.31 Å². The molecule has 1 aliphatic rings. The minimum atomic E-state index is -3.48. The van der Waals surface area contributed by atoms with Gasteiger partial charge in [0.25, 0.3) is 0 Å². The second-order valence-electron chi connectivity index (χ2n) is 6.03. The summed E-state index contributed by atoms with van der Waals surface area (Å²) in [6, 6.07) is 17.0. The zero-order valence-electron chi connectivity index (χ0n) is 13.9. The quantitative estimate of drug-likeness (QED) is 0.834. The van der Waals surface area contributed by atoms with Gasteiger partial charge in [0.2, 0.25) is 10.0 Å². The second kappa shape index (κ2) is 7.47. The molecule has 1 unspecified atom stereocenters. The Kier molecular flexibility index (Phi) is 5.33. The maximum absolute atomic E-state index is 12.9. The van der Waals surface area contributed by atoms with Gasteiger partial charge in [0.15, 0.2) is 0 Å². The molecule has 0 bridgehead atoms. The summed E-state index contributed by atoms with van der Waals surface area (Å²) in [5.41, 5.74) is 2.18. The molecular weight excluding hydrogens is 322 g/mol. The van der Waals surface area contributed by atoms with Gasteiger partial charge >= 0.3 is 0 Å². The van der Waals surface area contributed by atoms with Crippen LogP contribution in [0.25, 0.3) is 0 Å². The predicted octanol–water partition coefficient (Wildman–Crippen LogP) is 3.40. The average Bonchev–Trinajstić information content (AvgIpc) is 2.63. The lowest BCUT2D eigenvalue weighted by Crippen LogP contribution is -2.42. The molecule has 1 fully saturated rings. The first-order chi connectivity index (χ1) is 11.6. The Labute approximate surface area is 144 Å². The number of hydrogen-bond donors (Lipinski definition) is 0. The molecule has 0 amide bonds. The summed E-state index contributed by atoms with van der Waals surface area (Å²) in [5.74, 6) is 0. The van der Waals surface area contributed by atoms with E-state index in [9.17, 15) is 8.42 Å². The predicted molar refractivity (Wildman–Crippen MR) is 94.3 cm³/mol.